The van der Waals surface area contributed by atoms with Gasteiger partial charge in [0.15, 0.2) is 0 Å². The molecule has 0 radical (unpaired) electrons. The van der Waals surface area contributed by atoms with E-state index >= 15 is 0 Å². The molecular formula is C27H41N3OS. The Morgan fingerprint density at radius 2 is 1.81 bits per heavy atom. The number of hydrogen-bond donors (Lipinski definition) is 0. The Kier molecular flexibility index (Phi) is 9.58. The lowest BCUT2D eigenvalue weighted by molar-refractivity contribution is 0.0391. The van der Waals surface area contributed by atoms with E-state index in [4.69, 9.17) is 0 Å². The first-order valence-corrected chi connectivity index (χ1v) is 13.5. The molecule has 4 rings (SSSR count). The molecule has 2 saturated heterocycles. The molecule has 3 heterocycles. The van der Waals surface area contributed by atoms with Crippen molar-refractivity contribution < 1.29 is 4.79 Å². The molecule has 1 aromatic rings. The van der Waals surface area contributed by atoms with Crippen LogP contribution in [0.3, 0.4) is 0 Å². The summed E-state index contributed by atoms with van der Waals surface area (Å²) in [6.07, 6.45) is 15.5. The monoisotopic (exact) mass is 455 g/mol. The lowest BCUT2D eigenvalue weighted by Gasteiger charge is -2.44. The van der Waals surface area contributed by atoms with Crippen molar-refractivity contribution in [2.45, 2.75) is 84.1 Å². The first-order chi connectivity index (χ1) is 15.7. The van der Waals surface area contributed by atoms with Gasteiger partial charge < -0.3 is 9.80 Å². The van der Waals surface area contributed by atoms with Crippen LogP contribution in [0.15, 0.2) is 41.0 Å². The van der Waals surface area contributed by atoms with Gasteiger partial charge in [-0.05, 0) is 69.4 Å². The maximum Gasteiger partial charge on any atom is 0.254 e. The standard InChI is InChI=1S/C25H35N3OS.C2H6/c1-3-4-13-26-19(2)27-15-11-21(12-16-27)24-17-22(18-30-24)25(29)28-14-7-9-20-8-5-6-10-23(20)28;1-2/h3-4,13,17-18,20-21,23H,2,5-12,14-16H2,1H3;1-2H3/b4-3-,26-13-;. The number of rotatable bonds is 5. The fourth-order valence-electron chi connectivity index (χ4n) is 5.44. The maximum absolute atomic E-state index is 13.3. The number of allylic oxidation sites excluding steroid dienone is 2. The smallest absolute Gasteiger partial charge is 0.254 e. The van der Waals surface area contributed by atoms with E-state index in [0.29, 0.717) is 12.0 Å². The van der Waals surface area contributed by atoms with Crippen LogP contribution in [-0.4, -0.2) is 47.6 Å². The molecule has 5 heteroatoms. The van der Waals surface area contributed by atoms with Gasteiger partial charge in [0.25, 0.3) is 5.91 Å². The fourth-order valence-corrected chi connectivity index (χ4v) is 6.50. The molecule has 2 aliphatic heterocycles. The van der Waals surface area contributed by atoms with E-state index < -0.39 is 0 Å². The molecule has 1 amide bonds. The predicted octanol–water partition coefficient (Wildman–Crippen LogP) is 6.87. The molecular weight excluding hydrogens is 414 g/mol. The normalized spacial score (nSPS) is 24.3. The van der Waals surface area contributed by atoms with Gasteiger partial charge in [-0.2, -0.15) is 0 Å². The van der Waals surface area contributed by atoms with E-state index in [-0.39, 0.29) is 5.91 Å². The average Bonchev–Trinajstić information content (AvgIpc) is 3.35. The van der Waals surface area contributed by atoms with Crippen LogP contribution in [0.4, 0.5) is 0 Å². The summed E-state index contributed by atoms with van der Waals surface area (Å²) in [7, 11) is 0. The quantitative estimate of drug-likeness (QED) is 0.454. The molecule has 3 aliphatic rings. The maximum atomic E-state index is 13.3. The first-order valence-electron chi connectivity index (χ1n) is 12.7. The number of carbonyl (C=O) groups is 1. The highest BCUT2D eigenvalue weighted by Crippen LogP contribution is 2.37. The molecule has 4 nitrogen and oxygen atoms in total. The number of nitrogens with zero attached hydrogens (tertiary/aromatic N) is 3. The number of amides is 1. The number of aliphatic imine (C=N–C) groups is 1. The molecule has 3 fully saturated rings. The zero-order valence-electron chi connectivity index (χ0n) is 20.3. The molecule has 2 unspecified atom stereocenters. The van der Waals surface area contributed by atoms with Crippen molar-refractivity contribution in [3.8, 4) is 0 Å². The number of thiophene rings is 1. The number of carbonyl (C=O) groups excluding carboxylic acids is 1. The lowest BCUT2D eigenvalue weighted by Crippen LogP contribution is -2.49. The first kappa shape index (κ1) is 24.8. The van der Waals surface area contributed by atoms with Crippen molar-refractivity contribution in [1.29, 1.82) is 0 Å². The van der Waals surface area contributed by atoms with Gasteiger partial charge in [0, 0.05) is 42.1 Å². The van der Waals surface area contributed by atoms with E-state index in [1.165, 1.54) is 43.4 Å². The highest BCUT2D eigenvalue weighted by Gasteiger charge is 2.36. The van der Waals surface area contributed by atoms with E-state index in [9.17, 15) is 4.79 Å². The van der Waals surface area contributed by atoms with E-state index in [1.807, 2.05) is 39.1 Å². The third kappa shape index (κ3) is 5.92. The minimum Gasteiger partial charge on any atom is -0.357 e. The third-order valence-corrected chi connectivity index (χ3v) is 8.23. The second-order valence-corrected chi connectivity index (χ2v) is 9.91. The van der Waals surface area contributed by atoms with Crippen molar-refractivity contribution in [3.05, 3.63) is 46.4 Å². The number of piperidine rings is 2. The van der Waals surface area contributed by atoms with Crippen LogP contribution in [0.1, 0.15) is 93.3 Å². The van der Waals surface area contributed by atoms with Crippen LogP contribution in [0.25, 0.3) is 0 Å². The van der Waals surface area contributed by atoms with Crippen LogP contribution in [0, 0.1) is 5.92 Å². The SMILES string of the molecule is C=C(/N=C\C=C/C)N1CCC(c2cc(C(=O)N3CCCC4CCCCC43)cs2)CC1.CC. The Bertz CT molecular complexity index is 802. The van der Waals surface area contributed by atoms with E-state index in [0.717, 1.165) is 49.8 Å². The van der Waals surface area contributed by atoms with Crippen molar-refractivity contribution in [1.82, 2.24) is 9.80 Å². The van der Waals surface area contributed by atoms with E-state index in [2.05, 4.69) is 32.8 Å². The van der Waals surface area contributed by atoms with Gasteiger partial charge in [0.1, 0.15) is 5.82 Å². The van der Waals surface area contributed by atoms with Crippen molar-refractivity contribution in [2.24, 2.45) is 10.9 Å². The fraction of sp³-hybridized carbons (Fsp3) is 0.630. The average molecular weight is 456 g/mol. The van der Waals surface area contributed by atoms with Crippen molar-refractivity contribution in [2.75, 3.05) is 19.6 Å². The summed E-state index contributed by atoms with van der Waals surface area (Å²) in [6, 6.07) is 2.68. The van der Waals surface area contributed by atoms with Gasteiger partial charge >= 0.3 is 0 Å². The molecule has 0 N–H and O–H groups in total. The Labute approximate surface area is 199 Å². The summed E-state index contributed by atoms with van der Waals surface area (Å²) in [5, 5.41) is 2.11. The van der Waals surface area contributed by atoms with Crippen LogP contribution >= 0.6 is 11.3 Å². The van der Waals surface area contributed by atoms with Gasteiger partial charge in [-0.3, -0.25) is 4.79 Å². The van der Waals surface area contributed by atoms with Gasteiger partial charge in [-0.15, -0.1) is 11.3 Å². The molecule has 176 valence electrons. The summed E-state index contributed by atoms with van der Waals surface area (Å²) in [4.78, 5) is 23.6. The Morgan fingerprint density at radius 3 is 2.56 bits per heavy atom. The number of fused-ring (bicyclic) bond motifs is 1. The Balaban J connectivity index is 0.00000141. The van der Waals surface area contributed by atoms with Crippen LogP contribution in [0.2, 0.25) is 0 Å². The number of hydrogen-bond acceptors (Lipinski definition) is 4. The Morgan fingerprint density at radius 1 is 1.09 bits per heavy atom. The third-order valence-electron chi connectivity index (χ3n) is 7.14. The van der Waals surface area contributed by atoms with Gasteiger partial charge in [0.2, 0.25) is 0 Å². The van der Waals surface area contributed by atoms with Gasteiger partial charge in [-0.25, -0.2) is 4.99 Å². The van der Waals surface area contributed by atoms with E-state index in [1.54, 1.807) is 11.3 Å². The zero-order chi connectivity index (χ0) is 22.9. The van der Waals surface area contributed by atoms with Crippen molar-refractivity contribution >= 4 is 23.5 Å². The van der Waals surface area contributed by atoms with Gasteiger partial charge in [-0.1, -0.05) is 39.3 Å². The van der Waals surface area contributed by atoms with Crippen LogP contribution in [-0.2, 0) is 0 Å². The topological polar surface area (TPSA) is 35.9 Å². The molecule has 1 saturated carbocycles. The second kappa shape index (κ2) is 12.4. The summed E-state index contributed by atoms with van der Waals surface area (Å²) < 4.78 is 0. The summed E-state index contributed by atoms with van der Waals surface area (Å²) in [5.41, 5.74) is 0.920. The minimum atomic E-state index is 0.276. The highest BCUT2D eigenvalue weighted by atomic mass is 32.1. The molecule has 1 aromatic heterocycles. The predicted molar refractivity (Wildman–Crippen MR) is 138 cm³/mol. The largest absolute Gasteiger partial charge is 0.357 e. The molecule has 1 aliphatic carbocycles. The molecule has 32 heavy (non-hydrogen) atoms. The Hall–Kier alpha value is -1.88. The highest BCUT2D eigenvalue weighted by molar-refractivity contribution is 7.10. The lowest BCUT2D eigenvalue weighted by atomic mass is 9.78. The number of likely N-dealkylation sites (tertiary alicyclic amines) is 2. The molecule has 0 bridgehead atoms. The molecule has 2 atom stereocenters. The van der Waals surface area contributed by atoms with Gasteiger partial charge in [0.05, 0.1) is 5.56 Å². The minimum absolute atomic E-state index is 0.276. The molecule has 0 spiro atoms. The zero-order valence-corrected chi connectivity index (χ0v) is 21.1. The molecule has 0 aromatic carbocycles. The van der Waals surface area contributed by atoms with Crippen LogP contribution < -0.4 is 0 Å². The second-order valence-electron chi connectivity index (χ2n) is 8.97. The van der Waals surface area contributed by atoms with Crippen molar-refractivity contribution in [3.63, 3.8) is 0 Å². The summed E-state index contributed by atoms with van der Waals surface area (Å²) >= 11 is 1.78. The van der Waals surface area contributed by atoms with Crippen LogP contribution in [0.5, 0.6) is 0 Å². The summed E-state index contributed by atoms with van der Waals surface area (Å²) in [6.45, 7) is 13.0. The summed E-state index contributed by atoms with van der Waals surface area (Å²) in [5.74, 6) is 2.41.